The fourth-order valence-corrected chi connectivity index (χ4v) is 2.98. The number of aromatic nitrogens is 1. The Bertz CT molecular complexity index is 467. The summed E-state index contributed by atoms with van der Waals surface area (Å²) in [5, 5.41) is 3.19. The predicted molar refractivity (Wildman–Crippen MR) is 91.4 cm³/mol. The number of nitrogens with zero attached hydrogens (tertiary/aromatic N) is 2. The standard InChI is InChI=1S/C18H29N3O/c1-3-4-11-21(2)17-12-15(13-19-14-17)18(22)20-16-9-7-5-6-8-10-16/h12-14,16H,3-11H2,1-2H3,(H,20,22). The van der Waals surface area contributed by atoms with E-state index >= 15 is 0 Å². The second-order valence-corrected chi connectivity index (χ2v) is 6.37. The Balaban J connectivity index is 1.97. The number of carbonyl (C=O) groups excluding carboxylic acids is 1. The summed E-state index contributed by atoms with van der Waals surface area (Å²) in [6, 6.07) is 2.28. The molecule has 0 saturated heterocycles. The fourth-order valence-electron chi connectivity index (χ4n) is 2.98. The Labute approximate surface area is 134 Å². The van der Waals surface area contributed by atoms with Crippen LogP contribution in [0.3, 0.4) is 0 Å². The molecular weight excluding hydrogens is 274 g/mol. The van der Waals surface area contributed by atoms with Crippen molar-refractivity contribution in [1.29, 1.82) is 0 Å². The van der Waals surface area contributed by atoms with Crippen molar-refractivity contribution < 1.29 is 4.79 Å². The van der Waals surface area contributed by atoms with Crippen molar-refractivity contribution in [2.75, 3.05) is 18.5 Å². The minimum absolute atomic E-state index is 0.0186. The molecule has 122 valence electrons. The second kappa shape index (κ2) is 8.76. The zero-order valence-electron chi connectivity index (χ0n) is 14.0. The van der Waals surface area contributed by atoms with Crippen molar-refractivity contribution in [3.8, 4) is 0 Å². The Morgan fingerprint density at radius 1 is 1.27 bits per heavy atom. The molecule has 1 aromatic heterocycles. The number of rotatable bonds is 6. The van der Waals surface area contributed by atoms with E-state index < -0.39 is 0 Å². The molecule has 1 aliphatic carbocycles. The van der Waals surface area contributed by atoms with Crippen molar-refractivity contribution in [1.82, 2.24) is 10.3 Å². The maximum Gasteiger partial charge on any atom is 0.253 e. The van der Waals surface area contributed by atoms with Crippen LogP contribution < -0.4 is 10.2 Å². The van der Waals surface area contributed by atoms with Gasteiger partial charge in [0.15, 0.2) is 0 Å². The van der Waals surface area contributed by atoms with Gasteiger partial charge >= 0.3 is 0 Å². The van der Waals surface area contributed by atoms with Crippen molar-refractivity contribution in [3.05, 3.63) is 24.0 Å². The van der Waals surface area contributed by atoms with Crippen molar-refractivity contribution in [2.45, 2.75) is 64.3 Å². The molecule has 1 saturated carbocycles. The monoisotopic (exact) mass is 303 g/mol. The van der Waals surface area contributed by atoms with E-state index in [1.54, 1.807) is 6.20 Å². The van der Waals surface area contributed by atoms with E-state index in [1.807, 2.05) is 12.3 Å². The SMILES string of the molecule is CCCCN(C)c1cncc(C(=O)NC2CCCCCC2)c1. The largest absolute Gasteiger partial charge is 0.373 e. The molecule has 0 bridgehead atoms. The lowest BCUT2D eigenvalue weighted by atomic mass is 10.1. The third kappa shape index (κ3) is 5.00. The summed E-state index contributed by atoms with van der Waals surface area (Å²) in [5.74, 6) is 0.0186. The van der Waals surface area contributed by atoms with Crippen LogP contribution in [0.15, 0.2) is 18.5 Å². The quantitative estimate of drug-likeness (QED) is 0.814. The Morgan fingerprint density at radius 3 is 2.68 bits per heavy atom. The molecule has 0 aromatic carbocycles. The van der Waals surface area contributed by atoms with E-state index in [-0.39, 0.29) is 5.91 Å². The lowest BCUT2D eigenvalue weighted by Gasteiger charge is -2.20. The van der Waals surface area contributed by atoms with Crippen molar-refractivity contribution in [3.63, 3.8) is 0 Å². The van der Waals surface area contributed by atoms with Crippen LogP contribution in [0.25, 0.3) is 0 Å². The first-order valence-electron chi connectivity index (χ1n) is 8.67. The molecular formula is C18H29N3O. The zero-order chi connectivity index (χ0) is 15.8. The molecule has 1 aromatic rings. The lowest BCUT2D eigenvalue weighted by molar-refractivity contribution is 0.0933. The number of amides is 1. The van der Waals surface area contributed by atoms with Crippen molar-refractivity contribution >= 4 is 11.6 Å². The van der Waals surface area contributed by atoms with Crippen LogP contribution in [0.2, 0.25) is 0 Å². The normalized spacial score (nSPS) is 16.1. The van der Waals surface area contributed by atoms with E-state index in [9.17, 15) is 4.79 Å². The average Bonchev–Trinajstić information content (AvgIpc) is 2.81. The first-order valence-corrected chi connectivity index (χ1v) is 8.67. The number of pyridine rings is 1. The van der Waals surface area contributed by atoms with Gasteiger partial charge in [0.05, 0.1) is 17.4 Å². The van der Waals surface area contributed by atoms with Gasteiger partial charge in [-0.2, -0.15) is 0 Å². The molecule has 2 rings (SSSR count). The topological polar surface area (TPSA) is 45.2 Å². The molecule has 4 nitrogen and oxygen atoms in total. The molecule has 1 fully saturated rings. The van der Waals surface area contributed by atoms with Gasteiger partial charge in [0.2, 0.25) is 0 Å². The van der Waals surface area contributed by atoms with Crippen LogP contribution in [-0.4, -0.2) is 30.5 Å². The summed E-state index contributed by atoms with van der Waals surface area (Å²) >= 11 is 0. The van der Waals surface area contributed by atoms with Gasteiger partial charge in [-0.05, 0) is 25.3 Å². The minimum atomic E-state index is 0.0186. The van der Waals surface area contributed by atoms with E-state index in [0.717, 1.165) is 31.5 Å². The maximum absolute atomic E-state index is 12.4. The summed E-state index contributed by atoms with van der Waals surface area (Å²) in [5.41, 5.74) is 1.69. The van der Waals surface area contributed by atoms with E-state index in [2.05, 4.69) is 29.2 Å². The number of anilines is 1. The van der Waals surface area contributed by atoms with Crippen LogP contribution in [0, 0.1) is 0 Å². The number of unbranched alkanes of at least 4 members (excludes halogenated alkanes) is 1. The summed E-state index contributed by atoms with van der Waals surface area (Å²) in [7, 11) is 2.06. The third-order valence-electron chi connectivity index (χ3n) is 4.46. The van der Waals surface area contributed by atoms with E-state index in [1.165, 1.54) is 32.1 Å². The first kappa shape index (κ1) is 16.8. The molecule has 1 N–H and O–H groups in total. The van der Waals surface area contributed by atoms with Gasteiger partial charge in [0.25, 0.3) is 5.91 Å². The molecule has 0 spiro atoms. The second-order valence-electron chi connectivity index (χ2n) is 6.37. The Hall–Kier alpha value is -1.58. The maximum atomic E-state index is 12.4. The highest BCUT2D eigenvalue weighted by molar-refractivity contribution is 5.94. The summed E-state index contributed by atoms with van der Waals surface area (Å²) in [6.45, 7) is 3.18. The molecule has 1 aliphatic rings. The van der Waals surface area contributed by atoms with Gasteiger partial charge in [0.1, 0.15) is 0 Å². The highest BCUT2D eigenvalue weighted by Gasteiger charge is 2.16. The van der Waals surface area contributed by atoms with Gasteiger partial charge in [-0.3, -0.25) is 9.78 Å². The number of hydrogen-bond donors (Lipinski definition) is 1. The molecule has 0 unspecified atom stereocenters. The van der Waals surface area contributed by atoms with Gasteiger partial charge in [-0.25, -0.2) is 0 Å². The van der Waals surface area contributed by atoms with Crippen LogP contribution in [0.4, 0.5) is 5.69 Å². The van der Waals surface area contributed by atoms with Gasteiger partial charge in [0, 0.05) is 25.8 Å². The van der Waals surface area contributed by atoms with Gasteiger partial charge < -0.3 is 10.2 Å². The first-order chi connectivity index (χ1) is 10.7. The molecule has 0 atom stereocenters. The summed E-state index contributed by atoms with van der Waals surface area (Å²) < 4.78 is 0. The zero-order valence-corrected chi connectivity index (χ0v) is 14.0. The van der Waals surface area contributed by atoms with Gasteiger partial charge in [-0.1, -0.05) is 39.0 Å². The highest BCUT2D eigenvalue weighted by atomic mass is 16.1. The summed E-state index contributed by atoms with van der Waals surface area (Å²) in [4.78, 5) is 18.9. The number of nitrogens with one attached hydrogen (secondary N) is 1. The lowest BCUT2D eigenvalue weighted by Crippen LogP contribution is -2.34. The van der Waals surface area contributed by atoms with Gasteiger partial charge in [-0.15, -0.1) is 0 Å². The Kier molecular flexibility index (Phi) is 6.69. The molecule has 0 aliphatic heterocycles. The third-order valence-corrected chi connectivity index (χ3v) is 4.46. The smallest absolute Gasteiger partial charge is 0.253 e. The number of hydrogen-bond acceptors (Lipinski definition) is 3. The predicted octanol–water partition coefficient (Wildman–Crippen LogP) is 3.77. The molecule has 1 amide bonds. The molecule has 1 heterocycles. The Morgan fingerprint density at radius 2 is 2.00 bits per heavy atom. The van der Waals surface area contributed by atoms with Crippen LogP contribution in [0.5, 0.6) is 0 Å². The average molecular weight is 303 g/mol. The van der Waals surface area contributed by atoms with Crippen LogP contribution in [-0.2, 0) is 0 Å². The van der Waals surface area contributed by atoms with E-state index in [4.69, 9.17) is 0 Å². The molecule has 22 heavy (non-hydrogen) atoms. The molecule has 0 radical (unpaired) electrons. The van der Waals surface area contributed by atoms with Crippen LogP contribution >= 0.6 is 0 Å². The van der Waals surface area contributed by atoms with E-state index in [0.29, 0.717) is 11.6 Å². The summed E-state index contributed by atoms with van der Waals surface area (Å²) in [6.07, 6.45) is 13.1. The van der Waals surface area contributed by atoms with Crippen molar-refractivity contribution in [2.24, 2.45) is 0 Å². The van der Waals surface area contributed by atoms with Crippen LogP contribution in [0.1, 0.15) is 68.6 Å². The highest BCUT2D eigenvalue weighted by Crippen LogP contribution is 2.18. The fraction of sp³-hybridized carbons (Fsp3) is 0.667. The minimum Gasteiger partial charge on any atom is -0.373 e. The number of carbonyl (C=O) groups is 1. The molecule has 4 heteroatoms.